The number of aryl methyl sites for hydroxylation is 1. The predicted molar refractivity (Wildman–Crippen MR) is 57.6 cm³/mol. The van der Waals surface area contributed by atoms with Crippen molar-refractivity contribution < 1.29 is 9.84 Å². The Kier molecular flexibility index (Phi) is 3.71. The van der Waals surface area contributed by atoms with Gasteiger partial charge in [0.05, 0.1) is 13.3 Å². The van der Waals surface area contributed by atoms with Crippen molar-refractivity contribution in [2.24, 2.45) is 12.8 Å². The first-order chi connectivity index (χ1) is 7.09. The number of aromatic nitrogens is 2. The molecule has 0 aromatic carbocycles. The summed E-state index contributed by atoms with van der Waals surface area (Å²) >= 11 is 0. The molecule has 0 aliphatic carbocycles. The zero-order valence-corrected chi connectivity index (χ0v) is 9.53. The smallest absolute Gasteiger partial charge is 0.162 e. The van der Waals surface area contributed by atoms with E-state index in [-0.39, 0.29) is 6.54 Å². The molecule has 0 spiro atoms. The van der Waals surface area contributed by atoms with Crippen LogP contribution in [0.5, 0.6) is 5.75 Å². The van der Waals surface area contributed by atoms with E-state index in [0.717, 1.165) is 6.42 Å². The van der Waals surface area contributed by atoms with Gasteiger partial charge in [-0.3, -0.25) is 4.68 Å². The first kappa shape index (κ1) is 12.0. The molecule has 1 rings (SSSR count). The molecule has 3 N–H and O–H groups in total. The van der Waals surface area contributed by atoms with Gasteiger partial charge in [-0.1, -0.05) is 13.3 Å². The van der Waals surface area contributed by atoms with E-state index >= 15 is 0 Å². The van der Waals surface area contributed by atoms with Gasteiger partial charge in [0, 0.05) is 13.6 Å². The SMILES string of the molecule is CCCC(O)(CN)c1c(OC)cnn1C. The van der Waals surface area contributed by atoms with Crippen molar-refractivity contribution in [1.29, 1.82) is 0 Å². The molecule has 5 heteroatoms. The summed E-state index contributed by atoms with van der Waals surface area (Å²) in [5, 5.41) is 14.5. The van der Waals surface area contributed by atoms with Gasteiger partial charge in [-0.05, 0) is 6.42 Å². The summed E-state index contributed by atoms with van der Waals surface area (Å²) in [6.45, 7) is 2.17. The van der Waals surface area contributed by atoms with Crippen molar-refractivity contribution in [2.45, 2.75) is 25.4 Å². The summed E-state index contributed by atoms with van der Waals surface area (Å²) in [7, 11) is 3.33. The van der Waals surface area contributed by atoms with Gasteiger partial charge in [0.1, 0.15) is 11.3 Å². The van der Waals surface area contributed by atoms with Crippen LogP contribution >= 0.6 is 0 Å². The highest BCUT2D eigenvalue weighted by Crippen LogP contribution is 2.32. The number of ether oxygens (including phenoxy) is 1. The molecule has 1 atom stereocenters. The van der Waals surface area contributed by atoms with Gasteiger partial charge in [-0.2, -0.15) is 5.10 Å². The van der Waals surface area contributed by atoms with Crippen molar-refractivity contribution >= 4 is 0 Å². The Balaban J connectivity index is 3.15. The van der Waals surface area contributed by atoms with E-state index in [4.69, 9.17) is 10.5 Å². The number of nitrogens with two attached hydrogens (primary N) is 1. The van der Waals surface area contributed by atoms with E-state index in [1.165, 1.54) is 0 Å². The minimum absolute atomic E-state index is 0.163. The molecular weight excluding hydrogens is 194 g/mol. The van der Waals surface area contributed by atoms with E-state index in [0.29, 0.717) is 17.9 Å². The summed E-state index contributed by atoms with van der Waals surface area (Å²) < 4.78 is 6.77. The third-order valence-corrected chi connectivity index (χ3v) is 2.57. The average molecular weight is 213 g/mol. The normalized spacial score (nSPS) is 15.0. The van der Waals surface area contributed by atoms with Crippen LogP contribution < -0.4 is 10.5 Å². The molecule has 0 fully saturated rings. The fourth-order valence-electron chi connectivity index (χ4n) is 1.83. The minimum Gasteiger partial charge on any atom is -0.493 e. The Hall–Kier alpha value is -1.07. The Morgan fingerprint density at radius 2 is 2.33 bits per heavy atom. The maximum absolute atomic E-state index is 10.4. The maximum Gasteiger partial charge on any atom is 0.162 e. The average Bonchev–Trinajstić information content (AvgIpc) is 2.60. The molecule has 15 heavy (non-hydrogen) atoms. The Bertz CT molecular complexity index is 324. The van der Waals surface area contributed by atoms with E-state index in [2.05, 4.69) is 5.10 Å². The molecule has 86 valence electrons. The number of hydrogen-bond donors (Lipinski definition) is 2. The Morgan fingerprint density at radius 3 is 2.80 bits per heavy atom. The molecule has 1 heterocycles. The second-order valence-electron chi connectivity index (χ2n) is 3.67. The summed E-state index contributed by atoms with van der Waals surface area (Å²) in [6.07, 6.45) is 3.03. The van der Waals surface area contributed by atoms with E-state index < -0.39 is 5.60 Å². The zero-order valence-electron chi connectivity index (χ0n) is 9.53. The van der Waals surface area contributed by atoms with Crippen molar-refractivity contribution in [3.63, 3.8) is 0 Å². The molecule has 0 amide bonds. The molecule has 0 saturated carbocycles. The third-order valence-electron chi connectivity index (χ3n) is 2.57. The van der Waals surface area contributed by atoms with Gasteiger partial charge in [-0.25, -0.2) is 0 Å². The van der Waals surface area contributed by atoms with Crippen LogP contribution in [0.4, 0.5) is 0 Å². The Morgan fingerprint density at radius 1 is 1.67 bits per heavy atom. The summed E-state index contributed by atoms with van der Waals surface area (Å²) in [5.41, 5.74) is 5.23. The molecule has 5 nitrogen and oxygen atoms in total. The van der Waals surface area contributed by atoms with Gasteiger partial charge in [0.25, 0.3) is 0 Å². The highest BCUT2D eigenvalue weighted by molar-refractivity contribution is 5.31. The van der Waals surface area contributed by atoms with Gasteiger partial charge < -0.3 is 15.6 Å². The summed E-state index contributed by atoms with van der Waals surface area (Å²) in [5.74, 6) is 0.582. The van der Waals surface area contributed by atoms with Crippen LogP contribution in [0.3, 0.4) is 0 Å². The highest BCUT2D eigenvalue weighted by atomic mass is 16.5. The Labute approximate surface area is 89.8 Å². The first-order valence-electron chi connectivity index (χ1n) is 5.08. The van der Waals surface area contributed by atoms with Gasteiger partial charge >= 0.3 is 0 Å². The number of rotatable bonds is 5. The summed E-state index contributed by atoms with van der Waals surface area (Å²) in [6, 6.07) is 0. The fourth-order valence-corrected chi connectivity index (χ4v) is 1.83. The van der Waals surface area contributed by atoms with Crippen molar-refractivity contribution in [3.8, 4) is 5.75 Å². The van der Waals surface area contributed by atoms with Crippen LogP contribution in [-0.4, -0.2) is 28.5 Å². The van der Waals surface area contributed by atoms with Gasteiger partial charge in [0.15, 0.2) is 5.75 Å². The quantitative estimate of drug-likeness (QED) is 0.741. The molecule has 0 aliphatic rings. The molecule has 0 aliphatic heterocycles. The largest absolute Gasteiger partial charge is 0.493 e. The van der Waals surface area contributed by atoms with E-state index in [1.807, 2.05) is 6.92 Å². The summed E-state index contributed by atoms with van der Waals surface area (Å²) in [4.78, 5) is 0. The fraction of sp³-hybridized carbons (Fsp3) is 0.700. The molecule has 0 bridgehead atoms. The van der Waals surface area contributed by atoms with Crippen molar-refractivity contribution in [3.05, 3.63) is 11.9 Å². The molecule has 0 saturated heterocycles. The van der Waals surface area contributed by atoms with E-state index in [9.17, 15) is 5.11 Å². The number of aliphatic hydroxyl groups is 1. The first-order valence-corrected chi connectivity index (χ1v) is 5.08. The third kappa shape index (κ3) is 2.13. The van der Waals surface area contributed by atoms with Crippen LogP contribution in [0.1, 0.15) is 25.5 Å². The molecule has 1 aromatic heterocycles. The highest BCUT2D eigenvalue weighted by Gasteiger charge is 2.33. The van der Waals surface area contributed by atoms with Crippen LogP contribution in [0.25, 0.3) is 0 Å². The monoisotopic (exact) mass is 213 g/mol. The maximum atomic E-state index is 10.4. The second kappa shape index (κ2) is 4.63. The lowest BCUT2D eigenvalue weighted by molar-refractivity contribution is 0.0255. The second-order valence-corrected chi connectivity index (χ2v) is 3.67. The number of methoxy groups -OCH3 is 1. The zero-order chi connectivity index (χ0) is 11.5. The lowest BCUT2D eigenvalue weighted by Gasteiger charge is -2.27. The number of hydrogen-bond acceptors (Lipinski definition) is 4. The standard InChI is InChI=1S/C10H19N3O2/c1-4-5-10(14,7-11)9-8(15-3)6-12-13(9)2/h6,14H,4-5,7,11H2,1-3H3. The van der Waals surface area contributed by atoms with Crippen LogP contribution in [0, 0.1) is 0 Å². The molecule has 1 aromatic rings. The predicted octanol–water partition coefficient (Wildman–Crippen LogP) is 0.375. The van der Waals surface area contributed by atoms with Gasteiger partial charge in [-0.15, -0.1) is 0 Å². The lowest BCUT2D eigenvalue weighted by atomic mass is 9.93. The lowest BCUT2D eigenvalue weighted by Crippen LogP contribution is -2.37. The van der Waals surface area contributed by atoms with Gasteiger partial charge in [0.2, 0.25) is 0 Å². The van der Waals surface area contributed by atoms with E-state index in [1.54, 1.807) is 25.0 Å². The molecular formula is C10H19N3O2. The van der Waals surface area contributed by atoms with Crippen molar-refractivity contribution in [1.82, 2.24) is 9.78 Å². The van der Waals surface area contributed by atoms with Crippen LogP contribution in [-0.2, 0) is 12.6 Å². The number of nitrogens with zero attached hydrogens (tertiary/aromatic N) is 2. The topological polar surface area (TPSA) is 73.3 Å². The minimum atomic E-state index is -1.05. The van der Waals surface area contributed by atoms with Crippen molar-refractivity contribution in [2.75, 3.05) is 13.7 Å². The van der Waals surface area contributed by atoms with Crippen LogP contribution in [0.15, 0.2) is 6.20 Å². The molecule has 0 radical (unpaired) electrons. The van der Waals surface area contributed by atoms with Crippen LogP contribution in [0.2, 0.25) is 0 Å². The molecule has 1 unspecified atom stereocenters.